The van der Waals surface area contributed by atoms with Gasteiger partial charge in [0.2, 0.25) is 0 Å². The van der Waals surface area contributed by atoms with Gasteiger partial charge in [-0.1, -0.05) is 0 Å². The van der Waals surface area contributed by atoms with Crippen molar-refractivity contribution in [2.75, 3.05) is 4.72 Å². The van der Waals surface area contributed by atoms with Crippen molar-refractivity contribution < 1.29 is 17.2 Å². The Bertz CT molecular complexity index is 1380. The summed E-state index contributed by atoms with van der Waals surface area (Å²) in [5.74, 6) is -1.43. The summed E-state index contributed by atoms with van der Waals surface area (Å²) < 4.78 is 54.9. The summed E-state index contributed by atoms with van der Waals surface area (Å²) in [6.45, 7) is 1.62. The molecule has 0 atom stereocenters. The van der Waals surface area contributed by atoms with Crippen LogP contribution in [0.2, 0.25) is 0 Å². The highest BCUT2D eigenvalue weighted by Crippen LogP contribution is 2.27. The molecule has 0 amide bonds. The molecule has 1 N–H and O–H groups in total. The second-order valence-corrected chi connectivity index (χ2v) is 8.57. The van der Waals surface area contributed by atoms with Crippen LogP contribution in [0.5, 0.6) is 0 Å². The van der Waals surface area contributed by atoms with E-state index in [1.54, 1.807) is 49.9 Å². The van der Waals surface area contributed by atoms with Crippen LogP contribution in [0.4, 0.5) is 14.5 Å². The third kappa shape index (κ3) is 4.75. The van der Waals surface area contributed by atoms with Crippen LogP contribution in [-0.4, -0.2) is 28.4 Å². The van der Waals surface area contributed by atoms with E-state index >= 15 is 0 Å². The largest absolute Gasteiger partial charge is 0.278 e. The van der Waals surface area contributed by atoms with Crippen LogP contribution < -0.4 is 4.72 Å². The Kier molecular flexibility index (Phi) is 5.87. The summed E-state index contributed by atoms with van der Waals surface area (Å²) in [6, 6.07) is 9.20. The predicted molar refractivity (Wildman–Crippen MR) is 114 cm³/mol. The third-order valence-corrected chi connectivity index (χ3v) is 6.02. The van der Waals surface area contributed by atoms with Gasteiger partial charge in [-0.15, -0.1) is 0 Å². The summed E-state index contributed by atoms with van der Waals surface area (Å²) in [5.41, 5.74) is 2.69. The van der Waals surface area contributed by atoms with Gasteiger partial charge in [0.05, 0.1) is 17.8 Å². The molecule has 3 heterocycles. The minimum absolute atomic E-state index is 0.177. The first-order valence-corrected chi connectivity index (χ1v) is 11.0. The number of nitrogens with zero attached hydrogens (tertiary/aromatic N) is 4. The lowest BCUT2D eigenvalue weighted by Crippen LogP contribution is -2.16. The SMILES string of the molecule is Cc1ncc(-c2ccnc(Cc3ncccn3)c2)cc1NS(=O)(=O)c1ccc(F)cc1F. The van der Waals surface area contributed by atoms with Gasteiger partial charge in [-0.2, -0.15) is 0 Å². The molecule has 4 aromatic rings. The molecule has 0 saturated carbocycles. The number of nitrogens with one attached hydrogen (secondary N) is 1. The van der Waals surface area contributed by atoms with Gasteiger partial charge in [-0.3, -0.25) is 14.7 Å². The lowest BCUT2D eigenvalue weighted by atomic mass is 10.1. The van der Waals surface area contributed by atoms with Crippen LogP contribution in [0.1, 0.15) is 17.2 Å². The van der Waals surface area contributed by atoms with Crippen molar-refractivity contribution in [3.8, 4) is 11.1 Å². The topological polar surface area (TPSA) is 97.7 Å². The minimum Gasteiger partial charge on any atom is -0.278 e. The minimum atomic E-state index is -4.29. The number of hydrogen-bond donors (Lipinski definition) is 1. The second kappa shape index (κ2) is 8.75. The molecule has 0 unspecified atom stereocenters. The number of sulfonamides is 1. The smallest absolute Gasteiger partial charge is 0.264 e. The number of anilines is 1. The second-order valence-electron chi connectivity index (χ2n) is 6.91. The Hall–Kier alpha value is -3.79. The molecule has 0 aliphatic carbocycles. The first-order valence-electron chi connectivity index (χ1n) is 9.47. The van der Waals surface area contributed by atoms with E-state index in [-0.39, 0.29) is 5.69 Å². The first-order chi connectivity index (χ1) is 15.3. The molecule has 4 rings (SSSR count). The van der Waals surface area contributed by atoms with Crippen LogP contribution in [0, 0.1) is 18.6 Å². The highest BCUT2D eigenvalue weighted by molar-refractivity contribution is 7.92. The maximum atomic E-state index is 14.0. The molecule has 0 spiro atoms. The molecule has 162 valence electrons. The predicted octanol–water partition coefficient (Wildman–Crippen LogP) is 3.91. The van der Waals surface area contributed by atoms with Crippen molar-refractivity contribution in [1.82, 2.24) is 19.9 Å². The van der Waals surface area contributed by atoms with Crippen LogP contribution in [0.15, 0.2) is 72.1 Å². The van der Waals surface area contributed by atoms with Crippen molar-refractivity contribution in [1.29, 1.82) is 0 Å². The van der Waals surface area contributed by atoms with Gasteiger partial charge in [-0.05, 0) is 48.9 Å². The average Bonchev–Trinajstić information content (AvgIpc) is 2.76. The standard InChI is InChI=1S/C22H17F2N5O2S/c1-14-20(29-32(30,31)21-4-3-17(23)11-19(21)24)10-16(13-28-14)15-5-8-25-18(9-15)12-22-26-6-2-7-27-22/h2-11,13,29H,12H2,1H3. The van der Waals surface area contributed by atoms with Gasteiger partial charge in [-0.25, -0.2) is 27.2 Å². The highest BCUT2D eigenvalue weighted by Gasteiger charge is 2.21. The van der Waals surface area contributed by atoms with Gasteiger partial charge in [0.1, 0.15) is 22.4 Å². The van der Waals surface area contributed by atoms with Crippen LogP contribution in [0.25, 0.3) is 11.1 Å². The van der Waals surface area contributed by atoms with Gasteiger partial charge < -0.3 is 0 Å². The molecule has 1 aromatic carbocycles. The van der Waals surface area contributed by atoms with Crippen molar-refractivity contribution in [3.63, 3.8) is 0 Å². The normalized spacial score (nSPS) is 11.3. The molecule has 0 aliphatic rings. The number of halogens is 2. The lowest BCUT2D eigenvalue weighted by molar-refractivity contribution is 0.551. The molecule has 0 saturated heterocycles. The van der Waals surface area contributed by atoms with E-state index in [1.165, 1.54) is 0 Å². The Morgan fingerprint density at radius 1 is 0.906 bits per heavy atom. The van der Waals surface area contributed by atoms with Crippen LogP contribution in [-0.2, 0) is 16.4 Å². The van der Waals surface area contributed by atoms with Crippen molar-refractivity contribution in [2.45, 2.75) is 18.2 Å². The third-order valence-electron chi connectivity index (χ3n) is 4.62. The Balaban J connectivity index is 1.64. The maximum absolute atomic E-state index is 14.0. The van der Waals surface area contributed by atoms with E-state index in [2.05, 4.69) is 24.7 Å². The van der Waals surface area contributed by atoms with Gasteiger partial charge in [0, 0.05) is 42.1 Å². The molecule has 0 aliphatic heterocycles. The number of hydrogen-bond acceptors (Lipinski definition) is 6. The fraction of sp³-hybridized carbons (Fsp3) is 0.0909. The zero-order chi connectivity index (χ0) is 22.7. The Labute approximate surface area is 183 Å². The summed E-state index contributed by atoms with van der Waals surface area (Å²) in [5, 5.41) is 0. The van der Waals surface area contributed by atoms with Gasteiger partial charge in [0.25, 0.3) is 10.0 Å². The number of benzene rings is 1. The Morgan fingerprint density at radius 2 is 1.69 bits per heavy atom. The molecule has 0 fully saturated rings. The molecule has 0 radical (unpaired) electrons. The van der Waals surface area contributed by atoms with Crippen LogP contribution in [0.3, 0.4) is 0 Å². The van der Waals surface area contributed by atoms with Crippen LogP contribution >= 0.6 is 0 Å². The zero-order valence-electron chi connectivity index (χ0n) is 16.8. The Morgan fingerprint density at radius 3 is 2.44 bits per heavy atom. The van der Waals surface area contributed by atoms with Gasteiger partial charge in [0.15, 0.2) is 0 Å². The fourth-order valence-electron chi connectivity index (χ4n) is 3.02. The molecule has 10 heteroatoms. The number of pyridine rings is 2. The maximum Gasteiger partial charge on any atom is 0.264 e. The van der Waals surface area contributed by atoms with E-state index in [1.807, 2.05) is 6.07 Å². The number of aryl methyl sites for hydroxylation is 1. The van der Waals surface area contributed by atoms with Gasteiger partial charge >= 0.3 is 0 Å². The van der Waals surface area contributed by atoms with Crippen molar-refractivity contribution >= 4 is 15.7 Å². The quantitative estimate of drug-likeness (QED) is 0.475. The molecule has 32 heavy (non-hydrogen) atoms. The molecular formula is C22H17F2N5O2S. The number of aromatic nitrogens is 4. The highest BCUT2D eigenvalue weighted by atomic mass is 32.2. The molecular weight excluding hydrogens is 436 g/mol. The fourth-order valence-corrected chi connectivity index (χ4v) is 4.19. The molecule has 7 nitrogen and oxygen atoms in total. The summed E-state index contributed by atoms with van der Waals surface area (Å²) in [6.07, 6.45) is 6.96. The van der Waals surface area contributed by atoms with E-state index < -0.39 is 26.6 Å². The lowest BCUT2D eigenvalue weighted by Gasteiger charge is -2.13. The van der Waals surface area contributed by atoms with Crippen molar-refractivity contribution in [3.05, 3.63) is 96.1 Å². The van der Waals surface area contributed by atoms with E-state index in [4.69, 9.17) is 0 Å². The molecule has 3 aromatic heterocycles. The van der Waals surface area contributed by atoms with Crippen molar-refractivity contribution in [2.24, 2.45) is 0 Å². The average molecular weight is 453 g/mol. The summed E-state index contributed by atoms with van der Waals surface area (Å²) in [4.78, 5) is 16.3. The summed E-state index contributed by atoms with van der Waals surface area (Å²) >= 11 is 0. The van der Waals surface area contributed by atoms with E-state index in [9.17, 15) is 17.2 Å². The monoisotopic (exact) mass is 453 g/mol. The summed E-state index contributed by atoms with van der Waals surface area (Å²) in [7, 11) is -4.29. The first kappa shape index (κ1) is 21.4. The number of rotatable bonds is 6. The van der Waals surface area contributed by atoms with E-state index in [0.717, 1.165) is 23.4 Å². The van der Waals surface area contributed by atoms with E-state index in [0.29, 0.717) is 29.6 Å². The zero-order valence-corrected chi connectivity index (χ0v) is 17.6. The molecule has 0 bridgehead atoms.